The fourth-order valence-electron chi connectivity index (χ4n) is 3.79. The average Bonchev–Trinajstić information content (AvgIpc) is 2.99. The minimum absolute atomic E-state index is 0.0146. The predicted molar refractivity (Wildman–Crippen MR) is 150 cm³/mol. The third-order valence-electron chi connectivity index (χ3n) is 6.10. The Labute approximate surface area is 251 Å². The molecule has 13 nitrogen and oxygen atoms in total. The van der Waals surface area contributed by atoms with E-state index < -0.39 is 60.2 Å². The monoisotopic (exact) mass is 610 g/mol. The summed E-state index contributed by atoms with van der Waals surface area (Å²) < 4.78 is 37.0. The molecule has 0 radical (unpaired) electrons. The lowest BCUT2D eigenvalue weighted by molar-refractivity contribution is -0.252. The van der Waals surface area contributed by atoms with Gasteiger partial charge in [0.1, 0.15) is 6.10 Å². The van der Waals surface area contributed by atoms with E-state index in [9.17, 15) is 28.8 Å². The summed E-state index contributed by atoms with van der Waals surface area (Å²) in [5.74, 6) is -4.03. The Morgan fingerprint density at radius 2 is 1.02 bits per heavy atom. The highest BCUT2D eigenvalue weighted by Crippen LogP contribution is 2.28. The molecule has 1 fully saturated rings. The van der Waals surface area contributed by atoms with Gasteiger partial charge < -0.3 is 33.2 Å². The summed E-state index contributed by atoms with van der Waals surface area (Å²) in [4.78, 5) is 70.9. The summed E-state index contributed by atoms with van der Waals surface area (Å²) in [5, 5.41) is 0. The fraction of sp³-hybridized carbons (Fsp3) is 0.600. The molecule has 1 saturated heterocycles. The number of unbranched alkanes of at least 4 members (excludes halogenated alkanes) is 3. The largest absolute Gasteiger partial charge is 0.463 e. The topological polar surface area (TPSA) is 167 Å². The highest BCUT2D eigenvalue weighted by Gasteiger charge is 2.44. The van der Waals surface area contributed by atoms with E-state index in [2.05, 4.69) is 19.7 Å². The van der Waals surface area contributed by atoms with E-state index in [1.807, 2.05) is 0 Å². The summed E-state index contributed by atoms with van der Waals surface area (Å²) in [7, 11) is 0. The van der Waals surface area contributed by atoms with E-state index in [4.69, 9.17) is 33.2 Å². The molecule has 0 spiro atoms. The Kier molecular flexibility index (Phi) is 18.7. The molecule has 1 aliphatic rings. The lowest BCUT2D eigenvalue weighted by atomic mass is 9.96. The molecule has 240 valence electrons. The molecule has 0 aliphatic carbocycles. The van der Waals surface area contributed by atoms with E-state index in [1.165, 1.54) is 0 Å². The van der Waals surface area contributed by atoms with Gasteiger partial charge in [-0.2, -0.15) is 0 Å². The van der Waals surface area contributed by atoms with Crippen molar-refractivity contribution in [3.05, 3.63) is 38.0 Å². The van der Waals surface area contributed by atoms with Crippen molar-refractivity contribution >= 4 is 35.8 Å². The SMILES string of the molecule is C=CC(=O)OCCCCC(=O)OC1OC[C@@H](OC(=O)CCCCOC(=O)C=C)C(OC(=O)CCCCOC(=O)C=C)[C@H]1C. The third kappa shape index (κ3) is 16.3. The van der Waals surface area contributed by atoms with Gasteiger partial charge in [-0.25, -0.2) is 14.4 Å². The molecule has 4 atom stereocenters. The van der Waals surface area contributed by atoms with Gasteiger partial charge >= 0.3 is 35.8 Å². The van der Waals surface area contributed by atoms with E-state index >= 15 is 0 Å². The number of hydrogen-bond acceptors (Lipinski definition) is 13. The second-order valence-electron chi connectivity index (χ2n) is 9.52. The van der Waals surface area contributed by atoms with Crippen LogP contribution in [0.1, 0.15) is 64.7 Å². The van der Waals surface area contributed by atoms with Crippen LogP contribution in [0.2, 0.25) is 0 Å². The number of ether oxygens (including phenoxy) is 7. The van der Waals surface area contributed by atoms with Gasteiger partial charge in [-0.05, 0) is 38.5 Å². The number of carbonyl (C=O) groups excluding carboxylic acids is 6. The maximum Gasteiger partial charge on any atom is 0.330 e. The lowest BCUT2D eigenvalue weighted by Gasteiger charge is -2.39. The third-order valence-corrected chi connectivity index (χ3v) is 6.10. The van der Waals surface area contributed by atoms with Gasteiger partial charge in [-0.1, -0.05) is 26.7 Å². The molecule has 0 aromatic heterocycles. The fourth-order valence-corrected chi connectivity index (χ4v) is 3.79. The highest BCUT2D eigenvalue weighted by atomic mass is 16.7. The molecule has 1 aliphatic heterocycles. The van der Waals surface area contributed by atoms with Crippen molar-refractivity contribution in [3.63, 3.8) is 0 Å². The van der Waals surface area contributed by atoms with Crippen molar-refractivity contribution in [2.75, 3.05) is 26.4 Å². The Balaban J connectivity index is 2.68. The van der Waals surface area contributed by atoms with Crippen molar-refractivity contribution in [2.24, 2.45) is 5.92 Å². The van der Waals surface area contributed by atoms with Gasteiger partial charge in [0, 0.05) is 37.5 Å². The molecule has 1 rings (SSSR count). The predicted octanol–water partition coefficient (Wildman–Crippen LogP) is 3.04. The van der Waals surface area contributed by atoms with Crippen molar-refractivity contribution in [1.29, 1.82) is 0 Å². The molecule has 0 bridgehead atoms. The van der Waals surface area contributed by atoms with E-state index in [-0.39, 0.29) is 45.7 Å². The van der Waals surface area contributed by atoms with Crippen LogP contribution < -0.4 is 0 Å². The van der Waals surface area contributed by atoms with Gasteiger partial charge in [0.25, 0.3) is 0 Å². The van der Waals surface area contributed by atoms with Crippen LogP contribution in [0.3, 0.4) is 0 Å². The van der Waals surface area contributed by atoms with Gasteiger partial charge in [-0.15, -0.1) is 0 Å². The van der Waals surface area contributed by atoms with Gasteiger partial charge in [0.05, 0.1) is 32.3 Å². The lowest BCUT2D eigenvalue weighted by Crippen LogP contribution is -2.53. The summed E-state index contributed by atoms with van der Waals surface area (Å²) in [5.41, 5.74) is 0. The number of esters is 6. The van der Waals surface area contributed by atoms with Crippen LogP contribution in [0.25, 0.3) is 0 Å². The van der Waals surface area contributed by atoms with Crippen LogP contribution in [-0.4, -0.2) is 80.7 Å². The second kappa shape index (κ2) is 21.7. The summed E-state index contributed by atoms with van der Waals surface area (Å²) >= 11 is 0. The summed E-state index contributed by atoms with van der Waals surface area (Å²) in [6.07, 6.45) is 2.72. The summed E-state index contributed by atoms with van der Waals surface area (Å²) in [6.45, 7) is 11.8. The smallest absolute Gasteiger partial charge is 0.330 e. The summed E-state index contributed by atoms with van der Waals surface area (Å²) in [6, 6.07) is 0. The first-order valence-electron chi connectivity index (χ1n) is 14.2. The van der Waals surface area contributed by atoms with Crippen LogP contribution in [0.15, 0.2) is 38.0 Å². The van der Waals surface area contributed by atoms with E-state index in [0.717, 1.165) is 18.2 Å². The second-order valence-corrected chi connectivity index (χ2v) is 9.52. The average molecular weight is 611 g/mol. The standard InChI is InChI=1S/C30H42O13/c1-5-23(31)37-17-11-8-14-26(34)41-22-20-40-30(43-28(36)16-10-13-19-39-25(33)7-3)21(4)29(22)42-27(35)15-9-12-18-38-24(32)6-2/h5-7,21-22,29-30H,1-3,8-20H2,4H3/t21-,22-,29?,30?/m1/s1. The first-order chi connectivity index (χ1) is 20.6. The molecule has 0 amide bonds. The maximum absolute atomic E-state index is 12.6. The van der Waals surface area contributed by atoms with E-state index in [0.29, 0.717) is 38.5 Å². The zero-order valence-corrected chi connectivity index (χ0v) is 24.7. The molecule has 0 saturated carbocycles. The zero-order valence-electron chi connectivity index (χ0n) is 24.7. The minimum Gasteiger partial charge on any atom is -0.463 e. The van der Waals surface area contributed by atoms with Crippen LogP contribution >= 0.6 is 0 Å². The number of rotatable bonds is 21. The van der Waals surface area contributed by atoms with Crippen LogP contribution in [-0.2, 0) is 61.9 Å². The molecule has 0 N–H and O–H groups in total. The van der Waals surface area contributed by atoms with Crippen molar-refractivity contribution < 1.29 is 61.9 Å². The first kappa shape index (κ1) is 37.0. The molecule has 1 heterocycles. The Hall–Kier alpha value is -4.00. The van der Waals surface area contributed by atoms with Crippen molar-refractivity contribution in [1.82, 2.24) is 0 Å². The maximum atomic E-state index is 12.6. The van der Waals surface area contributed by atoms with E-state index in [1.54, 1.807) is 6.92 Å². The number of carbonyl (C=O) groups is 6. The van der Waals surface area contributed by atoms with Gasteiger partial charge in [-0.3, -0.25) is 14.4 Å². The number of hydrogen-bond donors (Lipinski definition) is 0. The van der Waals surface area contributed by atoms with Gasteiger partial charge in [0.15, 0.2) is 6.10 Å². The molecule has 2 unspecified atom stereocenters. The van der Waals surface area contributed by atoms with Crippen LogP contribution in [0, 0.1) is 5.92 Å². The Bertz CT molecular complexity index is 973. The van der Waals surface area contributed by atoms with Crippen LogP contribution in [0.5, 0.6) is 0 Å². The first-order valence-corrected chi connectivity index (χ1v) is 14.2. The minimum atomic E-state index is -1.06. The molecule has 43 heavy (non-hydrogen) atoms. The zero-order chi connectivity index (χ0) is 32.0. The molecular weight excluding hydrogens is 568 g/mol. The van der Waals surface area contributed by atoms with Crippen LogP contribution in [0.4, 0.5) is 0 Å². The molecule has 0 aromatic rings. The Morgan fingerprint density at radius 1 is 0.628 bits per heavy atom. The van der Waals surface area contributed by atoms with Crippen molar-refractivity contribution in [2.45, 2.75) is 83.2 Å². The van der Waals surface area contributed by atoms with Crippen molar-refractivity contribution in [3.8, 4) is 0 Å². The highest BCUT2D eigenvalue weighted by molar-refractivity contribution is 5.81. The quantitative estimate of drug-likeness (QED) is 0.0806. The molecular formula is C30H42O13. The van der Waals surface area contributed by atoms with Gasteiger partial charge in [0.2, 0.25) is 6.29 Å². The molecule has 0 aromatic carbocycles. The Morgan fingerprint density at radius 3 is 1.44 bits per heavy atom. The molecule has 13 heteroatoms. The normalized spacial score (nSPS) is 19.2.